The minimum atomic E-state index is -1.22. The SMILES string of the molecule is CCOC(=O)c1cnc2cc(C(=O)O)[nH]n2c1=O. The molecule has 2 heterocycles. The van der Waals surface area contributed by atoms with Crippen LogP contribution in [0.15, 0.2) is 17.1 Å². The highest BCUT2D eigenvalue weighted by Crippen LogP contribution is 2.02. The molecule has 0 fully saturated rings. The summed E-state index contributed by atoms with van der Waals surface area (Å²) in [5, 5.41) is 11.1. The molecule has 0 saturated heterocycles. The van der Waals surface area contributed by atoms with E-state index < -0.39 is 17.5 Å². The van der Waals surface area contributed by atoms with E-state index in [-0.39, 0.29) is 23.5 Å². The Kier molecular flexibility index (Phi) is 2.84. The van der Waals surface area contributed by atoms with E-state index in [2.05, 4.69) is 14.8 Å². The van der Waals surface area contributed by atoms with Gasteiger partial charge in [-0.05, 0) is 6.92 Å². The van der Waals surface area contributed by atoms with Crippen molar-refractivity contribution in [3.8, 4) is 0 Å². The van der Waals surface area contributed by atoms with Gasteiger partial charge in [-0.1, -0.05) is 0 Å². The van der Waals surface area contributed by atoms with Gasteiger partial charge in [0.05, 0.1) is 6.61 Å². The summed E-state index contributed by atoms with van der Waals surface area (Å²) < 4.78 is 5.57. The van der Waals surface area contributed by atoms with E-state index in [1.165, 1.54) is 6.07 Å². The zero-order chi connectivity index (χ0) is 13.3. The number of ether oxygens (including phenoxy) is 1. The molecule has 0 saturated carbocycles. The van der Waals surface area contributed by atoms with Crippen LogP contribution >= 0.6 is 0 Å². The van der Waals surface area contributed by atoms with E-state index in [9.17, 15) is 14.4 Å². The summed E-state index contributed by atoms with van der Waals surface area (Å²) in [5.41, 5.74) is -1.04. The second kappa shape index (κ2) is 4.32. The zero-order valence-corrected chi connectivity index (χ0v) is 9.34. The Morgan fingerprint density at radius 1 is 1.56 bits per heavy atom. The van der Waals surface area contributed by atoms with Gasteiger partial charge in [-0.25, -0.2) is 19.1 Å². The maximum Gasteiger partial charge on any atom is 0.353 e. The van der Waals surface area contributed by atoms with Gasteiger partial charge in [0.15, 0.2) is 5.65 Å². The Labute approximate surface area is 99.8 Å². The van der Waals surface area contributed by atoms with E-state index in [1.54, 1.807) is 6.92 Å². The Balaban J connectivity index is 2.60. The fourth-order valence-corrected chi connectivity index (χ4v) is 1.42. The van der Waals surface area contributed by atoms with E-state index in [0.29, 0.717) is 0 Å². The molecule has 2 aromatic rings. The van der Waals surface area contributed by atoms with Crippen LogP contribution in [0.5, 0.6) is 0 Å². The zero-order valence-electron chi connectivity index (χ0n) is 9.34. The lowest BCUT2D eigenvalue weighted by Crippen LogP contribution is -2.24. The number of carboxylic acid groups (broad SMARTS) is 1. The molecule has 0 aliphatic carbocycles. The molecule has 0 aliphatic heterocycles. The van der Waals surface area contributed by atoms with Gasteiger partial charge in [0.1, 0.15) is 11.3 Å². The number of aromatic nitrogens is 3. The number of rotatable bonds is 3. The topological polar surface area (TPSA) is 114 Å². The third-order valence-electron chi connectivity index (χ3n) is 2.22. The van der Waals surface area contributed by atoms with Crippen molar-refractivity contribution >= 4 is 17.6 Å². The number of aromatic amines is 1. The van der Waals surface area contributed by atoms with Crippen molar-refractivity contribution in [3.63, 3.8) is 0 Å². The maximum absolute atomic E-state index is 11.9. The monoisotopic (exact) mass is 251 g/mol. The fraction of sp³-hybridized carbons (Fsp3) is 0.200. The van der Waals surface area contributed by atoms with Crippen LogP contribution in [0.3, 0.4) is 0 Å². The number of nitrogens with zero attached hydrogens (tertiary/aromatic N) is 2. The Morgan fingerprint density at radius 3 is 2.89 bits per heavy atom. The number of hydrogen-bond acceptors (Lipinski definition) is 5. The van der Waals surface area contributed by atoms with Crippen LogP contribution in [0.25, 0.3) is 5.65 Å². The second-order valence-electron chi connectivity index (χ2n) is 3.37. The molecule has 8 nitrogen and oxygen atoms in total. The molecule has 8 heteroatoms. The van der Waals surface area contributed by atoms with Crippen LogP contribution in [0.4, 0.5) is 0 Å². The van der Waals surface area contributed by atoms with Crippen LogP contribution in [0.2, 0.25) is 0 Å². The molecule has 2 rings (SSSR count). The normalized spacial score (nSPS) is 10.5. The molecule has 2 aromatic heterocycles. The van der Waals surface area contributed by atoms with Crippen molar-refractivity contribution in [2.45, 2.75) is 6.92 Å². The molecule has 0 spiro atoms. The molecule has 2 N–H and O–H groups in total. The van der Waals surface area contributed by atoms with Crippen LogP contribution < -0.4 is 5.56 Å². The first kappa shape index (κ1) is 11.8. The molecule has 0 atom stereocenters. The third kappa shape index (κ3) is 1.83. The van der Waals surface area contributed by atoms with Crippen molar-refractivity contribution < 1.29 is 19.4 Å². The molecule has 18 heavy (non-hydrogen) atoms. The van der Waals surface area contributed by atoms with Gasteiger partial charge < -0.3 is 9.84 Å². The van der Waals surface area contributed by atoms with Crippen molar-refractivity contribution in [2.24, 2.45) is 0 Å². The minimum absolute atomic E-state index is 0.116. The maximum atomic E-state index is 11.9. The average Bonchev–Trinajstić information content (AvgIpc) is 2.74. The summed E-state index contributed by atoms with van der Waals surface area (Å²) in [6, 6.07) is 1.19. The van der Waals surface area contributed by atoms with E-state index >= 15 is 0 Å². The van der Waals surface area contributed by atoms with Crippen LogP contribution in [-0.2, 0) is 4.74 Å². The first-order chi connectivity index (χ1) is 8.54. The Morgan fingerprint density at radius 2 is 2.28 bits per heavy atom. The lowest BCUT2D eigenvalue weighted by molar-refractivity contribution is 0.0523. The molecule has 0 aliphatic rings. The largest absolute Gasteiger partial charge is 0.477 e. The number of H-pyrrole nitrogens is 1. The number of carbonyl (C=O) groups is 2. The number of esters is 1. The first-order valence-electron chi connectivity index (χ1n) is 5.05. The molecular formula is C10H9N3O5. The highest BCUT2D eigenvalue weighted by atomic mass is 16.5. The number of fused-ring (bicyclic) bond motifs is 1. The highest BCUT2D eigenvalue weighted by molar-refractivity contribution is 5.89. The highest BCUT2D eigenvalue weighted by Gasteiger charge is 2.16. The molecule has 0 unspecified atom stereocenters. The summed E-state index contributed by atoms with van der Waals surface area (Å²) in [7, 11) is 0. The summed E-state index contributed by atoms with van der Waals surface area (Å²) in [6.07, 6.45) is 1.06. The van der Waals surface area contributed by atoms with Crippen molar-refractivity contribution in [3.05, 3.63) is 33.9 Å². The van der Waals surface area contributed by atoms with E-state index in [1.807, 2.05) is 0 Å². The average molecular weight is 251 g/mol. The Bertz CT molecular complexity index is 684. The van der Waals surface area contributed by atoms with Crippen molar-refractivity contribution in [2.75, 3.05) is 6.61 Å². The summed E-state index contributed by atoms with van der Waals surface area (Å²) in [4.78, 5) is 37.9. The van der Waals surface area contributed by atoms with Gasteiger partial charge in [0, 0.05) is 12.3 Å². The number of nitrogens with one attached hydrogen (secondary N) is 1. The van der Waals surface area contributed by atoms with Gasteiger partial charge in [-0.3, -0.25) is 9.89 Å². The number of hydrogen-bond donors (Lipinski definition) is 2. The smallest absolute Gasteiger partial charge is 0.353 e. The second-order valence-corrected chi connectivity index (χ2v) is 3.37. The Hall–Kier alpha value is -2.64. The molecule has 0 aromatic carbocycles. The van der Waals surface area contributed by atoms with Gasteiger partial charge in [-0.15, -0.1) is 0 Å². The van der Waals surface area contributed by atoms with Crippen molar-refractivity contribution in [1.29, 1.82) is 0 Å². The minimum Gasteiger partial charge on any atom is -0.477 e. The lowest BCUT2D eigenvalue weighted by Gasteiger charge is -2.00. The predicted molar refractivity (Wildman–Crippen MR) is 58.7 cm³/mol. The summed E-state index contributed by atoms with van der Waals surface area (Å²) >= 11 is 0. The van der Waals surface area contributed by atoms with Gasteiger partial charge in [0.25, 0.3) is 5.56 Å². The summed E-state index contributed by atoms with van der Waals surface area (Å²) in [6.45, 7) is 1.74. The molecule has 94 valence electrons. The quantitative estimate of drug-likeness (QED) is 0.736. The van der Waals surface area contributed by atoms with Gasteiger partial charge in [0.2, 0.25) is 0 Å². The fourth-order valence-electron chi connectivity index (χ4n) is 1.42. The number of aromatic carboxylic acids is 1. The van der Waals surface area contributed by atoms with E-state index in [0.717, 1.165) is 10.7 Å². The van der Waals surface area contributed by atoms with E-state index in [4.69, 9.17) is 5.11 Å². The summed E-state index contributed by atoms with van der Waals surface area (Å²) in [5.74, 6) is -2.02. The lowest BCUT2D eigenvalue weighted by atomic mass is 10.3. The number of carboxylic acids is 1. The van der Waals surface area contributed by atoms with Crippen LogP contribution in [-0.4, -0.2) is 38.3 Å². The third-order valence-corrected chi connectivity index (χ3v) is 2.22. The standard InChI is InChI=1S/C10H9N3O5/c1-2-18-10(17)5-4-11-7-3-6(9(15)16)12-13(7)8(5)14/h3-4,12H,2H2,1H3,(H,15,16). The van der Waals surface area contributed by atoms with Crippen LogP contribution in [0.1, 0.15) is 27.8 Å². The first-order valence-corrected chi connectivity index (χ1v) is 5.05. The predicted octanol–water partition coefficient (Wildman–Crippen LogP) is -0.103. The van der Waals surface area contributed by atoms with Gasteiger partial charge >= 0.3 is 11.9 Å². The van der Waals surface area contributed by atoms with Gasteiger partial charge in [-0.2, -0.15) is 0 Å². The molecular weight excluding hydrogens is 242 g/mol. The molecule has 0 amide bonds. The van der Waals surface area contributed by atoms with Crippen LogP contribution in [0, 0.1) is 0 Å². The number of carbonyl (C=O) groups excluding carboxylic acids is 1. The molecule has 0 radical (unpaired) electrons. The van der Waals surface area contributed by atoms with Crippen molar-refractivity contribution in [1.82, 2.24) is 14.6 Å². The molecule has 0 bridgehead atoms.